The number of sulfonamides is 1. The van der Waals surface area contributed by atoms with Crippen molar-refractivity contribution in [1.82, 2.24) is 9.21 Å². The summed E-state index contributed by atoms with van der Waals surface area (Å²) in [6.45, 7) is 8.73. The molecule has 0 bridgehead atoms. The smallest absolute Gasteiger partial charge is 0.243 e. The Morgan fingerprint density at radius 1 is 0.974 bits per heavy atom. The number of methoxy groups -OCH3 is 2. The van der Waals surface area contributed by atoms with Gasteiger partial charge in [0.05, 0.1) is 32.2 Å². The van der Waals surface area contributed by atoms with Crippen molar-refractivity contribution in [3.8, 4) is 11.5 Å². The van der Waals surface area contributed by atoms with Gasteiger partial charge in [-0.15, -0.1) is 11.3 Å². The Morgan fingerprint density at radius 2 is 1.66 bits per heavy atom. The van der Waals surface area contributed by atoms with Crippen molar-refractivity contribution in [3.05, 3.63) is 75.5 Å². The second kappa shape index (κ2) is 13.3. The van der Waals surface area contributed by atoms with Gasteiger partial charge in [0.2, 0.25) is 15.9 Å². The molecule has 0 radical (unpaired) electrons. The molecule has 206 valence electrons. The van der Waals surface area contributed by atoms with Crippen LogP contribution in [-0.4, -0.2) is 57.4 Å². The zero-order valence-electron chi connectivity index (χ0n) is 23.1. The van der Waals surface area contributed by atoms with Crippen molar-refractivity contribution in [2.45, 2.75) is 45.6 Å². The minimum atomic E-state index is -3.84. The fraction of sp³-hybridized carbons (Fsp3) is 0.414. The molecule has 9 heteroatoms. The van der Waals surface area contributed by atoms with E-state index in [1.54, 1.807) is 54.7 Å². The molecule has 0 unspecified atom stereocenters. The van der Waals surface area contributed by atoms with Gasteiger partial charge in [0, 0.05) is 18.0 Å². The SMILES string of the molecule is COc1ccc(CCN(Cc2sccc2C)C(=O)CN(CC(C)C)S(=O)(=O)c2ccc(C)cc2)cc1OC. The number of nitrogens with zero attached hydrogens (tertiary/aromatic N) is 2. The maximum atomic E-state index is 13.7. The van der Waals surface area contributed by atoms with Crippen LogP contribution in [0, 0.1) is 19.8 Å². The van der Waals surface area contributed by atoms with E-state index in [-0.39, 0.29) is 29.8 Å². The van der Waals surface area contributed by atoms with E-state index in [1.165, 1.54) is 4.31 Å². The molecule has 3 aromatic rings. The van der Waals surface area contributed by atoms with Crippen LogP contribution in [0.1, 0.15) is 35.4 Å². The molecule has 0 fully saturated rings. The summed E-state index contributed by atoms with van der Waals surface area (Å²) in [6, 6.07) is 14.5. The molecule has 2 aromatic carbocycles. The molecule has 1 heterocycles. The Bertz CT molecular complexity index is 1320. The van der Waals surface area contributed by atoms with E-state index in [4.69, 9.17) is 9.47 Å². The summed E-state index contributed by atoms with van der Waals surface area (Å²) in [5.41, 5.74) is 3.09. The molecule has 0 atom stereocenters. The van der Waals surface area contributed by atoms with Crippen LogP contribution >= 0.6 is 11.3 Å². The van der Waals surface area contributed by atoms with Gasteiger partial charge in [-0.2, -0.15) is 4.31 Å². The van der Waals surface area contributed by atoms with Crippen LogP contribution in [0.25, 0.3) is 0 Å². The number of amides is 1. The predicted molar refractivity (Wildman–Crippen MR) is 152 cm³/mol. The van der Waals surface area contributed by atoms with Crippen molar-refractivity contribution in [3.63, 3.8) is 0 Å². The fourth-order valence-electron chi connectivity index (χ4n) is 4.10. The minimum absolute atomic E-state index is 0.0581. The molecule has 0 N–H and O–H groups in total. The molecule has 0 aliphatic rings. The maximum absolute atomic E-state index is 13.7. The van der Waals surface area contributed by atoms with Crippen molar-refractivity contribution < 1.29 is 22.7 Å². The second-order valence-corrected chi connectivity index (χ2v) is 12.7. The van der Waals surface area contributed by atoms with Crippen molar-refractivity contribution in [2.75, 3.05) is 33.9 Å². The van der Waals surface area contributed by atoms with E-state index in [2.05, 4.69) is 0 Å². The van der Waals surface area contributed by atoms with Gasteiger partial charge in [-0.3, -0.25) is 4.79 Å². The van der Waals surface area contributed by atoms with Crippen molar-refractivity contribution in [1.29, 1.82) is 0 Å². The lowest BCUT2D eigenvalue weighted by Crippen LogP contribution is -2.44. The highest BCUT2D eigenvalue weighted by Gasteiger charge is 2.29. The first-order chi connectivity index (χ1) is 18.0. The standard InChI is InChI=1S/C29H38N2O5S2/c1-21(2)18-31(38(33,34)25-10-7-22(3)8-11-25)20-29(32)30(19-28-23(4)14-16-37-28)15-13-24-9-12-26(35-5)27(17-24)36-6/h7-12,14,16-17,21H,13,15,18-20H2,1-6H3. The molecule has 0 aliphatic carbocycles. The van der Waals surface area contributed by atoms with Gasteiger partial charge in [-0.1, -0.05) is 37.6 Å². The Balaban J connectivity index is 1.86. The minimum Gasteiger partial charge on any atom is -0.493 e. The zero-order valence-corrected chi connectivity index (χ0v) is 24.7. The van der Waals surface area contributed by atoms with E-state index in [0.29, 0.717) is 31.0 Å². The Hall–Kier alpha value is -2.88. The average Bonchev–Trinajstić information content (AvgIpc) is 3.29. The van der Waals surface area contributed by atoms with E-state index in [1.807, 2.05) is 57.3 Å². The number of rotatable bonds is 13. The first kappa shape index (κ1) is 29.7. The van der Waals surface area contributed by atoms with E-state index < -0.39 is 10.0 Å². The summed E-state index contributed by atoms with van der Waals surface area (Å²) in [4.78, 5) is 16.8. The number of hydrogen-bond donors (Lipinski definition) is 0. The van der Waals surface area contributed by atoms with Gasteiger partial charge in [0.15, 0.2) is 11.5 Å². The molecular formula is C29H38N2O5S2. The summed E-state index contributed by atoms with van der Waals surface area (Å²) in [5.74, 6) is 1.10. The molecule has 3 rings (SSSR count). The number of carbonyl (C=O) groups excluding carboxylic acids is 1. The lowest BCUT2D eigenvalue weighted by atomic mass is 10.1. The predicted octanol–water partition coefficient (Wildman–Crippen LogP) is 5.30. The summed E-state index contributed by atoms with van der Waals surface area (Å²) in [6.07, 6.45) is 0.589. The number of ether oxygens (including phenoxy) is 2. The number of benzene rings is 2. The second-order valence-electron chi connectivity index (χ2n) is 9.79. The number of thiophene rings is 1. The molecule has 7 nitrogen and oxygen atoms in total. The van der Waals surface area contributed by atoms with Gasteiger partial charge in [-0.25, -0.2) is 8.42 Å². The van der Waals surface area contributed by atoms with Crippen LogP contribution in [0.5, 0.6) is 11.5 Å². The topological polar surface area (TPSA) is 76.2 Å². The maximum Gasteiger partial charge on any atom is 0.243 e. The molecule has 1 aromatic heterocycles. The molecule has 1 amide bonds. The van der Waals surface area contributed by atoms with Crippen LogP contribution < -0.4 is 9.47 Å². The van der Waals surface area contributed by atoms with Crippen LogP contribution in [0.2, 0.25) is 0 Å². The van der Waals surface area contributed by atoms with Crippen LogP contribution in [0.3, 0.4) is 0 Å². The summed E-state index contributed by atoms with van der Waals surface area (Å²) in [7, 11) is -0.653. The number of hydrogen-bond acceptors (Lipinski definition) is 6. The average molecular weight is 559 g/mol. The quantitative estimate of drug-likeness (QED) is 0.285. The molecule has 0 spiro atoms. The molecular weight excluding hydrogens is 520 g/mol. The lowest BCUT2D eigenvalue weighted by Gasteiger charge is -2.28. The van der Waals surface area contributed by atoms with E-state index in [0.717, 1.165) is 21.6 Å². The molecule has 38 heavy (non-hydrogen) atoms. The summed E-state index contributed by atoms with van der Waals surface area (Å²) >= 11 is 1.60. The Morgan fingerprint density at radius 3 is 2.24 bits per heavy atom. The molecule has 0 aliphatic heterocycles. The first-order valence-electron chi connectivity index (χ1n) is 12.6. The van der Waals surface area contributed by atoms with Crippen LogP contribution in [-0.2, 0) is 27.8 Å². The van der Waals surface area contributed by atoms with E-state index in [9.17, 15) is 13.2 Å². The summed E-state index contributed by atoms with van der Waals surface area (Å²) in [5, 5.41) is 2.01. The lowest BCUT2D eigenvalue weighted by molar-refractivity contribution is -0.132. The van der Waals surface area contributed by atoms with E-state index >= 15 is 0 Å². The molecule has 0 saturated carbocycles. The fourth-order valence-corrected chi connectivity index (χ4v) is 6.57. The number of aryl methyl sites for hydroxylation is 2. The van der Waals surface area contributed by atoms with Gasteiger partial charge in [0.1, 0.15) is 0 Å². The third kappa shape index (κ3) is 7.58. The highest BCUT2D eigenvalue weighted by Crippen LogP contribution is 2.28. The third-order valence-corrected chi connectivity index (χ3v) is 9.15. The first-order valence-corrected chi connectivity index (χ1v) is 15.0. The van der Waals surface area contributed by atoms with Crippen LogP contribution in [0.15, 0.2) is 58.8 Å². The molecule has 0 saturated heterocycles. The number of carbonyl (C=O) groups is 1. The monoisotopic (exact) mass is 558 g/mol. The van der Waals surface area contributed by atoms with Crippen molar-refractivity contribution in [2.24, 2.45) is 5.92 Å². The van der Waals surface area contributed by atoms with Gasteiger partial charge in [-0.05, 0) is 73.0 Å². The normalized spacial score (nSPS) is 11.7. The Kier molecular flexibility index (Phi) is 10.4. The van der Waals surface area contributed by atoms with Gasteiger partial charge >= 0.3 is 0 Å². The van der Waals surface area contributed by atoms with Gasteiger partial charge in [0.25, 0.3) is 0 Å². The highest BCUT2D eigenvalue weighted by molar-refractivity contribution is 7.89. The van der Waals surface area contributed by atoms with Gasteiger partial charge < -0.3 is 14.4 Å². The van der Waals surface area contributed by atoms with Crippen LogP contribution in [0.4, 0.5) is 0 Å². The summed E-state index contributed by atoms with van der Waals surface area (Å²) < 4.78 is 39.2. The Labute approximate surface area is 231 Å². The zero-order chi connectivity index (χ0) is 27.9. The third-order valence-electron chi connectivity index (χ3n) is 6.31. The highest BCUT2D eigenvalue weighted by atomic mass is 32.2. The largest absolute Gasteiger partial charge is 0.493 e. The van der Waals surface area contributed by atoms with Crippen molar-refractivity contribution >= 4 is 27.3 Å².